The Bertz CT molecular complexity index is 1000. The number of amides is 2. The van der Waals surface area contributed by atoms with E-state index >= 15 is 0 Å². The second kappa shape index (κ2) is 7.29. The first-order valence-electron chi connectivity index (χ1n) is 8.68. The first-order valence-corrected chi connectivity index (χ1v) is 9.56. The third-order valence-electron chi connectivity index (χ3n) is 4.42. The van der Waals surface area contributed by atoms with E-state index < -0.39 is 0 Å². The van der Waals surface area contributed by atoms with Crippen molar-refractivity contribution in [1.82, 2.24) is 0 Å². The lowest BCUT2D eigenvalue weighted by molar-refractivity contribution is -0.115. The second-order valence-corrected chi connectivity index (χ2v) is 7.74. The molecule has 134 valence electrons. The maximum Gasteiger partial charge on any atom is 0.255 e. The quantitative estimate of drug-likeness (QED) is 0.675. The predicted octanol–water partition coefficient (Wildman–Crippen LogP) is 5.04. The van der Waals surface area contributed by atoms with Gasteiger partial charge >= 0.3 is 0 Å². The summed E-state index contributed by atoms with van der Waals surface area (Å²) < 4.78 is 0. The molecule has 0 saturated heterocycles. The number of rotatable bonds is 3. The van der Waals surface area contributed by atoms with E-state index in [9.17, 15) is 9.59 Å². The third-order valence-corrected chi connectivity index (χ3v) is 5.60. The molecular formula is C22H18N2O2S. The van der Waals surface area contributed by atoms with E-state index in [0.29, 0.717) is 11.3 Å². The second-order valence-electron chi connectivity index (χ2n) is 6.36. The summed E-state index contributed by atoms with van der Waals surface area (Å²) in [6.07, 6.45) is 0. The molecule has 1 atom stereocenters. The Labute approximate surface area is 162 Å². The van der Waals surface area contributed by atoms with Crippen LogP contribution in [0.4, 0.5) is 11.4 Å². The van der Waals surface area contributed by atoms with E-state index in [1.54, 1.807) is 12.1 Å². The van der Waals surface area contributed by atoms with Crippen molar-refractivity contribution in [2.75, 3.05) is 10.6 Å². The van der Waals surface area contributed by atoms with Gasteiger partial charge in [0, 0.05) is 16.1 Å². The van der Waals surface area contributed by atoms with E-state index in [-0.39, 0.29) is 17.1 Å². The molecule has 5 heteroatoms. The maximum absolute atomic E-state index is 12.6. The van der Waals surface area contributed by atoms with E-state index in [4.69, 9.17) is 0 Å². The monoisotopic (exact) mass is 374 g/mol. The first-order chi connectivity index (χ1) is 13.1. The van der Waals surface area contributed by atoms with Crippen LogP contribution in [0.3, 0.4) is 0 Å². The van der Waals surface area contributed by atoms with E-state index in [2.05, 4.69) is 10.6 Å². The molecule has 1 unspecified atom stereocenters. The molecule has 0 radical (unpaired) electrons. The highest BCUT2D eigenvalue weighted by Crippen LogP contribution is 2.36. The largest absolute Gasteiger partial charge is 0.324 e. The summed E-state index contributed by atoms with van der Waals surface area (Å²) in [6, 6.07) is 23.2. The van der Waals surface area contributed by atoms with Gasteiger partial charge in [0.1, 0.15) is 0 Å². The maximum atomic E-state index is 12.6. The van der Waals surface area contributed by atoms with Gasteiger partial charge in [-0.2, -0.15) is 0 Å². The van der Waals surface area contributed by atoms with Crippen molar-refractivity contribution in [2.45, 2.75) is 17.1 Å². The molecule has 4 rings (SSSR count). The summed E-state index contributed by atoms with van der Waals surface area (Å²) in [5.74, 6) is -0.246. The van der Waals surface area contributed by atoms with Crippen LogP contribution in [0, 0.1) is 0 Å². The highest BCUT2D eigenvalue weighted by Gasteiger charge is 2.23. The highest BCUT2D eigenvalue weighted by molar-refractivity contribution is 8.00. The first kappa shape index (κ1) is 17.4. The van der Waals surface area contributed by atoms with Crippen LogP contribution in [0.15, 0.2) is 77.7 Å². The van der Waals surface area contributed by atoms with Crippen molar-refractivity contribution < 1.29 is 9.59 Å². The lowest BCUT2D eigenvalue weighted by Gasteiger charge is -2.21. The number of carbonyl (C=O) groups is 2. The van der Waals surface area contributed by atoms with E-state index in [0.717, 1.165) is 21.7 Å². The Hall–Kier alpha value is -3.05. The van der Waals surface area contributed by atoms with Gasteiger partial charge in [-0.05, 0) is 48.4 Å². The molecule has 0 fully saturated rings. The number of thioether (sulfide) groups is 1. The van der Waals surface area contributed by atoms with Gasteiger partial charge in [-0.3, -0.25) is 9.59 Å². The average Bonchev–Trinajstić information content (AvgIpc) is 2.70. The van der Waals surface area contributed by atoms with Gasteiger partial charge in [-0.1, -0.05) is 42.5 Å². The van der Waals surface area contributed by atoms with Crippen molar-refractivity contribution in [1.29, 1.82) is 0 Å². The van der Waals surface area contributed by atoms with Crippen LogP contribution in [0.2, 0.25) is 0 Å². The molecule has 27 heavy (non-hydrogen) atoms. The van der Waals surface area contributed by atoms with E-state index in [1.165, 1.54) is 11.8 Å². The van der Waals surface area contributed by atoms with Crippen molar-refractivity contribution in [3.63, 3.8) is 0 Å². The molecule has 1 aliphatic rings. The summed E-state index contributed by atoms with van der Waals surface area (Å²) in [5.41, 5.74) is 4.15. The number of nitrogens with one attached hydrogen (secondary N) is 2. The summed E-state index contributed by atoms with van der Waals surface area (Å²) in [4.78, 5) is 25.4. The Balaban J connectivity index is 1.49. The van der Waals surface area contributed by atoms with Gasteiger partial charge in [0.25, 0.3) is 5.91 Å². The Morgan fingerprint density at radius 2 is 1.67 bits per heavy atom. The zero-order valence-electron chi connectivity index (χ0n) is 14.7. The minimum Gasteiger partial charge on any atom is -0.324 e. The number of anilines is 2. The molecule has 3 aromatic rings. The number of hydrogen-bond donors (Lipinski definition) is 2. The fraction of sp³-hybridized carbons (Fsp3) is 0.0909. The SMILES string of the molecule is CC1Sc2ccc(C(=O)Nc3ccc(-c4ccccc4)cc3)cc2NC1=O. The van der Waals surface area contributed by atoms with Crippen LogP contribution in [0.1, 0.15) is 17.3 Å². The summed E-state index contributed by atoms with van der Waals surface area (Å²) in [5, 5.41) is 5.64. The molecular weight excluding hydrogens is 356 g/mol. The normalized spacial score (nSPS) is 15.6. The van der Waals surface area contributed by atoms with Crippen molar-refractivity contribution >= 4 is 35.0 Å². The van der Waals surface area contributed by atoms with Crippen LogP contribution in [0.25, 0.3) is 11.1 Å². The van der Waals surface area contributed by atoms with Gasteiger partial charge in [-0.25, -0.2) is 0 Å². The van der Waals surface area contributed by atoms with Crippen LogP contribution in [0.5, 0.6) is 0 Å². The fourth-order valence-corrected chi connectivity index (χ4v) is 3.86. The Morgan fingerprint density at radius 3 is 2.41 bits per heavy atom. The fourth-order valence-electron chi connectivity index (χ4n) is 2.93. The van der Waals surface area contributed by atoms with Crippen LogP contribution in [-0.2, 0) is 4.79 Å². The van der Waals surface area contributed by atoms with Gasteiger partial charge < -0.3 is 10.6 Å². The topological polar surface area (TPSA) is 58.2 Å². The summed E-state index contributed by atoms with van der Waals surface area (Å²) in [7, 11) is 0. The smallest absolute Gasteiger partial charge is 0.255 e. The molecule has 4 nitrogen and oxygen atoms in total. The Kier molecular flexibility index (Phi) is 4.69. The van der Waals surface area contributed by atoms with Gasteiger partial charge in [0.15, 0.2) is 0 Å². The third kappa shape index (κ3) is 3.73. The minimum atomic E-state index is -0.205. The van der Waals surface area contributed by atoms with E-state index in [1.807, 2.05) is 67.6 Å². The standard InChI is InChI=1S/C22H18N2O2S/c1-14-21(25)24-19-13-17(9-12-20(19)27-14)22(26)23-18-10-7-16(8-11-18)15-5-3-2-4-6-15/h2-14H,1H3,(H,23,26)(H,24,25). The number of hydrogen-bond acceptors (Lipinski definition) is 3. The predicted molar refractivity (Wildman–Crippen MR) is 110 cm³/mol. The molecule has 1 aliphatic heterocycles. The zero-order valence-corrected chi connectivity index (χ0v) is 15.5. The van der Waals surface area contributed by atoms with Crippen molar-refractivity contribution in [3.8, 4) is 11.1 Å². The molecule has 2 amide bonds. The van der Waals surface area contributed by atoms with Gasteiger partial charge in [0.2, 0.25) is 5.91 Å². The average molecular weight is 374 g/mol. The lowest BCUT2D eigenvalue weighted by atomic mass is 10.1. The molecule has 1 heterocycles. The highest BCUT2D eigenvalue weighted by atomic mass is 32.2. The minimum absolute atomic E-state index is 0.0402. The zero-order chi connectivity index (χ0) is 18.8. The lowest BCUT2D eigenvalue weighted by Crippen LogP contribution is -2.26. The molecule has 0 spiro atoms. The van der Waals surface area contributed by atoms with Crippen LogP contribution < -0.4 is 10.6 Å². The Morgan fingerprint density at radius 1 is 0.963 bits per heavy atom. The number of carbonyl (C=O) groups excluding carboxylic acids is 2. The number of benzene rings is 3. The number of fused-ring (bicyclic) bond motifs is 1. The molecule has 0 aliphatic carbocycles. The van der Waals surface area contributed by atoms with Crippen molar-refractivity contribution in [3.05, 3.63) is 78.4 Å². The van der Waals surface area contributed by atoms with Gasteiger partial charge in [-0.15, -0.1) is 11.8 Å². The molecule has 0 bridgehead atoms. The summed E-state index contributed by atoms with van der Waals surface area (Å²) >= 11 is 1.50. The summed E-state index contributed by atoms with van der Waals surface area (Å²) in [6.45, 7) is 1.86. The van der Waals surface area contributed by atoms with Crippen LogP contribution >= 0.6 is 11.8 Å². The molecule has 0 aromatic heterocycles. The molecule has 0 saturated carbocycles. The van der Waals surface area contributed by atoms with Gasteiger partial charge in [0.05, 0.1) is 10.9 Å². The van der Waals surface area contributed by atoms with Crippen LogP contribution in [-0.4, -0.2) is 17.1 Å². The van der Waals surface area contributed by atoms with Crippen molar-refractivity contribution in [2.24, 2.45) is 0 Å². The molecule has 3 aromatic carbocycles. The molecule has 2 N–H and O–H groups in total.